The van der Waals surface area contributed by atoms with E-state index in [1.165, 1.54) is 6.07 Å². The maximum atomic E-state index is 11.5. The van der Waals surface area contributed by atoms with Gasteiger partial charge < -0.3 is 24.5 Å². The second-order valence-electron chi connectivity index (χ2n) is 6.16. The first-order valence-corrected chi connectivity index (χ1v) is 8.60. The second kappa shape index (κ2) is 7.72. The molecule has 1 aromatic heterocycles. The lowest BCUT2D eigenvalue weighted by Gasteiger charge is -2.30. The number of nitrogens with one attached hydrogen (secondary N) is 1. The van der Waals surface area contributed by atoms with E-state index in [1.54, 1.807) is 17.7 Å². The first-order chi connectivity index (χ1) is 12.1. The summed E-state index contributed by atoms with van der Waals surface area (Å²) in [5.41, 5.74) is 0.985. The Morgan fingerprint density at radius 1 is 1.36 bits per heavy atom. The molecule has 1 fully saturated rings. The third kappa shape index (κ3) is 3.86. The highest BCUT2D eigenvalue weighted by Crippen LogP contribution is 2.22. The average Bonchev–Trinajstić information content (AvgIpc) is 2.66. The highest BCUT2D eigenvalue weighted by atomic mass is 16.5. The minimum absolute atomic E-state index is 0.00293. The Kier molecular flexibility index (Phi) is 5.40. The molecule has 2 N–H and O–H groups in total. The van der Waals surface area contributed by atoms with Crippen molar-refractivity contribution in [2.75, 3.05) is 19.7 Å². The van der Waals surface area contributed by atoms with Gasteiger partial charge in [0, 0.05) is 31.0 Å². The predicted molar refractivity (Wildman–Crippen MR) is 95.8 cm³/mol. The Balaban J connectivity index is 1.76. The zero-order valence-corrected chi connectivity index (χ0v) is 14.6. The smallest absolute Gasteiger partial charge is 0.223 e. The van der Waals surface area contributed by atoms with Gasteiger partial charge in [0.1, 0.15) is 18.0 Å². The van der Waals surface area contributed by atoms with Crippen molar-refractivity contribution in [2.24, 2.45) is 0 Å². The van der Waals surface area contributed by atoms with Crippen molar-refractivity contribution < 1.29 is 14.6 Å². The third-order valence-electron chi connectivity index (χ3n) is 4.49. The molecule has 0 radical (unpaired) electrons. The Bertz CT molecular complexity index is 764. The first-order valence-electron chi connectivity index (χ1n) is 8.60. The standard InChI is InChI=1S/C19H24N2O4/c1-3-17(18-12-20-9-11-24-18)25-15-6-4-14(5-7-15)21-10-8-16(22)19(23)13(21)2/h4-8,10,17-18,20,23H,3,9,11-12H2,1-2H3. The van der Waals surface area contributed by atoms with Crippen LogP contribution in [0.5, 0.6) is 11.5 Å². The summed E-state index contributed by atoms with van der Waals surface area (Å²) in [6, 6.07) is 8.94. The van der Waals surface area contributed by atoms with Crippen LogP contribution < -0.4 is 15.5 Å². The number of hydrogen-bond donors (Lipinski definition) is 2. The van der Waals surface area contributed by atoms with E-state index in [-0.39, 0.29) is 23.4 Å². The number of ether oxygens (including phenoxy) is 2. The van der Waals surface area contributed by atoms with Gasteiger partial charge >= 0.3 is 0 Å². The van der Waals surface area contributed by atoms with Crippen molar-refractivity contribution >= 4 is 0 Å². The molecule has 0 aliphatic carbocycles. The Morgan fingerprint density at radius 3 is 2.76 bits per heavy atom. The van der Waals surface area contributed by atoms with Crippen molar-refractivity contribution in [1.82, 2.24) is 9.88 Å². The number of rotatable bonds is 5. The molecule has 1 aliphatic rings. The van der Waals surface area contributed by atoms with Gasteiger partial charge in [0.05, 0.1) is 12.3 Å². The fourth-order valence-corrected chi connectivity index (χ4v) is 3.01. The van der Waals surface area contributed by atoms with Crippen LogP contribution in [0.4, 0.5) is 0 Å². The van der Waals surface area contributed by atoms with Crippen molar-refractivity contribution in [1.29, 1.82) is 0 Å². The van der Waals surface area contributed by atoms with Crippen molar-refractivity contribution in [3.05, 3.63) is 52.4 Å². The fourth-order valence-electron chi connectivity index (χ4n) is 3.01. The summed E-state index contributed by atoms with van der Waals surface area (Å²) in [6.45, 7) is 6.18. The van der Waals surface area contributed by atoms with Crippen LogP contribution in [0.3, 0.4) is 0 Å². The molecule has 6 heteroatoms. The maximum Gasteiger partial charge on any atom is 0.223 e. The van der Waals surface area contributed by atoms with Gasteiger partial charge in [-0.05, 0) is 37.6 Å². The zero-order chi connectivity index (χ0) is 17.8. The SMILES string of the molecule is CCC(Oc1ccc(-n2ccc(=O)c(O)c2C)cc1)C1CNCCO1. The van der Waals surface area contributed by atoms with E-state index < -0.39 is 0 Å². The van der Waals surface area contributed by atoms with Gasteiger partial charge in [0.15, 0.2) is 5.75 Å². The lowest BCUT2D eigenvalue weighted by atomic mass is 10.1. The van der Waals surface area contributed by atoms with Crippen LogP contribution in [-0.2, 0) is 4.74 Å². The summed E-state index contributed by atoms with van der Waals surface area (Å²) < 4.78 is 13.7. The molecule has 2 aromatic rings. The van der Waals surface area contributed by atoms with Crippen LogP contribution >= 0.6 is 0 Å². The van der Waals surface area contributed by atoms with E-state index in [2.05, 4.69) is 12.2 Å². The summed E-state index contributed by atoms with van der Waals surface area (Å²) in [7, 11) is 0. The number of pyridine rings is 1. The number of aromatic nitrogens is 1. The average molecular weight is 344 g/mol. The number of nitrogens with zero attached hydrogens (tertiary/aromatic N) is 1. The monoisotopic (exact) mass is 344 g/mol. The number of hydrogen-bond acceptors (Lipinski definition) is 5. The molecule has 1 saturated heterocycles. The Morgan fingerprint density at radius 2 is 2.12 bits per heavy atom. The number of benzene rings is 1. The lowest BCUT2D eigenvalue weighted by Crippen LogP contribution is -2.47. The molecule has 0 amide bonds. The Labute approximate surface area is 147 Å². The molecule has 2 atom stereocenters. The van der Waals surface area contributed by atoms with Gasteiger partial charge in [-0.3, -0.25) is 4.79 Å². The van der Waals surface area contributed by atoms with Gasteiger partial charge in [-0.25, -0.2) is 0 Å². The fraction of sp³-hybridized carbons (Fsp3) is 0.421. The van der Waals surface area contributed by atoms with E-state index in [0.29, 0.717) is 12.3 Å². The van der Waals surface area contributed by atoms with Crippen LogP contribution in [0.2, 0.25) is 0 Å². The largest absolute Gasteiger partial charge is 0.503 e. The Hall–Kier alpha value is -2.31. The van der Waals surface area contributed by atoms with Gasteiger partial charge in [0.2, 0.25) is 5.43 Å². The molecule has 134 valence electrons. The summed E-state index contributed by atoms with van der Waals surface area (Å²) in [4.78, 5) is 11.5. The molecule has 6 nitrogen and oxygen atoms in total. The third-order valence-corrected chi connectivity index (χ3v) is 4.49. The van der Waals surface area contributed by atoms with Crippen LogP contribution in [0.25, 0.3) is 5.69 Å². The van der Waals surface area contributed by atoms with Crippen LogP contribution in [-0.4, -0.2) is 41.6 Å². The predicted octanol–water partition coefficient (Wildman–Crippen LogP) is 2.00. The van der Waals surface area contributed by atoms with Crippen molar-refractivity contribution in [2.45, 2.75) is 32.5 Å². The quantitative estimate of drug-likeness (QED) is 0.868. The second-order valence-corrected chi connectivity index (χ2v) is 6.16. The van der Waals surface area contributed by atoms with Gasteiger partial charge in [0.25, 0.3) is 0 Å². The number of morpholine rings is 1. The molecular weight excluding hydrogens is 320 g/mol. The minimum atomic E-state index is -0.374. The molecule has 0 saturated carbocycles. The molecule has 0 bridgehead atoms. The van der Waals surface area contributed by atoms with Gasteiger partial charge in [-0.15, -0.1) is 0 Å². The van der Waals surface area contributed by atoms with E-state index in [1.807, 2.05) is 24.3 Å². The molecule has 2 unspecified atom stereocenters. The normalized spacial score (nSPS) is 18.7. The van der Waals surface area contributed by atoms with E-state index in [9.17, 15) is 9.90 Å². The summed E-state index contributed by atoms with van der Waals surface area (Å²) >= 11 is 0. The van der Waals surface area contributed by atoms with Crippen LogP contribution in [0, 0.1) is 6.92 Å². The minimum Gasteiger partial charge on any atom is -0.503 e. The molecule has 2 heterocycles. The summed E-state index contributed by atoms with van der Waals surface area (Å²) in [5, 5.41) is 13.1. The summed E-state index contributed by atoms with van der Waals surface area (Å²) in [6.07, 6.45) is 2.57. The van der Waals surface area contributed by atoms with Crippen molar-refractivity contribution in [3.8, 4) is 17.2 Å². The topological polar surface area (TPSA) is 72.7 Å². The summed E-state index contributed by atoms with van der Waals surface area (Å²) in [5.74, 6) is 0.545. The van der Waals surface area contributed by atoms with Crippen LogP contribution in [0.15, 0.2) is 41.3 Å². The van der Waals surface area contributed by atoms with E-state index >= 15 is 0 Å². The molecule has 25 heavy (non-hydrogen) atoms. The highest BCUT2D eigenvalue weighted by Gasteiger charge is 2.24. The molecule has 3 rings (SSSR count). The van der Waals surface area contributed by atoms with Crippen LogP contribution in [0.1, 0.15) is 19.0 Å². The highest BCUT2D eigenvalue weighted by molar-refractivity contribution is 5.41. The van der Waals surface area contributed by atoms with Crippen molar-refractivity contribution in [3.63, 3.8) is 0 Å². The molecular formula is C19H24N2O4. The molecule has 1 aromatic carbocycles. The van der Waals surface area contributed by atoms with E-state index in [4.69, 9.17) is 9.47 Å². The van der Waals surface area contributed by atoms with Gasteiger partial charge in [-0.2, -0.15) is 0 Å². The van der Waals surface area contributed by atoms with Gasteiger partial charge in [-0.1, -0.05) is 6.92 Å². The number of aromatic hydroxyl groups is 1. The molecule has 0 spiro atoms. The maximum absolute atomic E-state index is 11.5. The van der Waals surface area contributed by atoms with E-state index in [0.717, 1.165) is 30.9 Å². The zero-order valence-electron chi connectivity index (χ0n) is 14.6. The first kappa shape index (κ1) is 17.5. The lowest BCUT2D eigenvalue weighted by molar-refractivity contribution is -0.0427. The molecule has 1 aliphatic heterocycles.